The van der Waals surface area contributed by atoms with Crippen molar-refractivity contribution in [3.8, 4) is 17.6 Å². The van der Waals surface area contributed by atoms with Crippen LogP contribution in [0.1, 0.15) is 12.0 Å². The van der Waals surface area contributed by atoms with Gasteiger partial charge in [0.2, 0.25) is 0 Å². The third-order valence-electron chi connectivity index (χ3n) is 1.81. The molecule has 0 spiro atoms. The van der Waals surface area contributed by atoms with Gasteiger partial charge in [-0.25, -0.2) is 0 Å². The number of methoxy groups -OCH3 is 1. The van der Waals surface area contributed by atoms with E-state index in [9.17, 15) is 5.11 Å². The summed E-state index contributed by atoms with van der Waals surface area (Å²) < 4.78 is 4.93. The Morgan fingerprint density at radius 2 is 2.31 bits per heavy atom. The molecule has 0 aliphatic carbocycles. The first-order valence-corrected chi connectivity index (χ1v) is 4.01. The van der Waals surface area contributed by atoms with Crippen molar-refractivity contribution in [1.29, 1.82) is 5.26 Å². The Bertz CT molecular complexity index is 328. The number of nitriles is 1. The summed E-state index contributed by atoms with van der Waals surface area (Å²) in [7, 11) is 1.50. The molecule has 1 N–H and O–H groups in total. The number of para-hydroxylation sites is 1. The number of aryl methyl sites for hydroxylation is 1. The van der Waals surface area contributed by atoms with E-state index in [1.54, 1.807) is 18.2 Å². The standard InChI is InChI=1S/C10H11NO2/c1-13-9-6-2-4-8(10(9)12)5-3-7-11/h2,4,6,12H,3,5H2,1H3. The maximum atomic E-state index is 9.58. The van der Waals surface area contributed by atoms with Crippen LogP contribution in [0.3, 0.4) is 0 Å². The minimum atomic E-state index is 0.139. The number of aromatic hydroxyl groups is 1. The van der Waals surface area contributed by atoms with Crippen molar-refractivity contribution in [2.75, 3.05) is 7.11 Å². The van der Waals surface area contributed by atoms with Gasteiger partial charge < -0.3 is 9.84 Å². The molecule has 13 heavy (non-hydrogen) atoms. The first-order valence-electron chi connectivity index (χ1n) is 4.01. The second-order valence-electron chi connectivity index (χ2n) is 2.63. The van der Waals surface area contributed by atoms with Crippen molar-refractivity contribution < 1.29 is 9.84 Å². The molecule has 0 fully saturated rings. The molecule has 68 valence electrons. The Morgan fingerprint density at radius 3 is 2.92 bits per heavy atom. The predicted octanol–water partition coefficient (Wildman–Crippen LogP) is 1.86. The highest BCUT2D eigenvalue weighted by Crippen LogP contribution is 2.29. The molecule has 0 heterocycles. The zero-order valence-electron chi connectivity index (χ0n) is 7.45. The average molecular weight is 177 g/mol. The molecule has 0 unspecified atom stereocenters. The molecule has 0 saturated carbocycles. The smallest absolute Gasteiger partial charge is 0.160 e. The molecule has 0 amide bonds. The summed E-state index contributed by atoms with van der Waals surface area (Å²) in [5, 5.41) is 18.0. The first kappa shape index (κ1) is 9.40. The number of phenolic OH excluding ortho intramolecular Hbond substituents is 1. The highest BCUT2D eigenvalue weighted by molar-refractivity contribution is 5.45. The molecular weight excluding hydrogens is 166 g/mol. The summed E-state index contributed by atoms with van der Waals surface area (Å²) in [6.45, 7) is 0. The van der Waals surface area contributed by atoms with Crippen molar-refractivity contribution >= 4 is 0 Å². The van der Waals surface area contributed by atoms with Crippen LogP contribution in [-0.2, 0) is 6.42 Å². The van der Waals surface area contributed by atoms with Crippen LogP contribution in [0.2, 0.25) is 0 Å². The zero-order valence-corrected chi connectivity index (χ0v) is 7.45. The monoisotopic (exact) mass is 177 g/mol. The van der Waals surface area contributed by atoms with E-state index in [1.807, 2.05) is 6.07 Å². The van der Waals surface area contributed by atoms with Gasteiger partial charge in [0, 0.05) is 6.42 Å². The fourth-order valence-corrected chi connectivity index (χ4v) is 1.12. The maximum Gasteiger partial charge on any atom is 0.160 e. The number of hydrogen-bond donors (Lipinski definition) is 1. The van der Waals surface area contributed by atoms with E-state index in [1.165, 1.54) is 7.11 Å². The first-order chi connectivity index (χ1) is 6.29. The second-order valence-corrected chi connectivity index (χ2v) is 2.63. The van der Waals surface area contributed by atoms with Crippen LogP contribution in [0.15, 0.2) is 18.2 Å². The Balaban J connectivity index is 2.89. The minimum absolute atomic E-state index is 0.139. The lowest BCUT2D eigenvalue weighted by Crippen LogP contribution is -1.89. The van der Waals surface area contributed by atoms with Gasteiger partial charge in [-0.3, -0.25) is 0 Å². The SMILES string of the molecule is COc1cccc(CCC#N)c1O. The Kier molecular flexibility index (Phi) is 3.15. The van der Waals surface area contributed by atoms with Gasteiger partial charge in [-0.2, -0.15) is 5.26 Å². The summed E-state index contributed by atoms with van der Waals surface area (Å²) in [4.78, 5) is 0. The van der Waals surface area contributed by atoms with Crippen molar-refractivity contribution in [3.63, 3.8) is 0 Å². The number of ether oxygens (including phenoxy) is 1. The second kappa shape index (κ2) is 4.36. The van der Waals surface area contributed by atoms with Crippen LogP contribution in [-0.4, -0.2) is 12.2 Å². The normalized spacial score (nSPS) is 9.23. The van der Waals surface area contributed by atoms with Crippen molar-refractivity contribution in [3.05, 3.63) is 23.8 Å². The molecule has 0 radical (unpaired) electrons. The molecule has 0 saturated heterocycles. The van der Waals surface area contributed by atoms with Gasteiger partial charge in [-0.15, -0.1) is 0 Å². The molecule has 0 atom stereocenters. The van der Waals surface area contributed by atoms with E-state index in [0.717, 1.165) is 5.56 Å². The summed E-state index contributed by atoms with van der Waals surface area (Å²) in [6.07, 6.45) is 0.959. The molecule has 3 heteroatoms. The number of benzene rings is 1. The van der Waals surface area contributed by atoms with Crippen molar-refractivity contribution in [1.82, 2.24) is 0 Å². The van der Waals surface area contributed by atoms with Gasteiger partial charge in [0.1, 0.15) is 0 Å². The largest absolute Gasteiger partial charge is 0.504 e. The fourth-order valence-electron chi connectivity index (χ4n) is 1.12. The lowest BCUT2D eigenvalue weighted by molar-refractivity contribution is 0.370. The quantitative estimate of drug-likeness (QED) is 0.766. The van der Waals surface area contributed by atoms with Gasteiger partial charge >= 0.3 is 0 Å². The number of nitrogens with zero attached hydrogens (tertiary/aromatic N) is 1. The summed E-state index contributed by atoms with van der Waals surface area (Å²) in [5.74, 6) is 0.593. The molecule has 0 bridgehead atoms. The van der Waals surface area contributed by atoms with Gasteiger partial charge in [-0.05, 0) is 18.1 Å². The molecule has 1 rings (SSSR count). The predicted molar refractivity (Wildman–Crippen MR) is 48.6 cm³/mol. The zero-order chi connectivity index (χ0) is 9.68. The lowest BCUT2D eigenvalue weighted by atomic mass is 10.1. The molecule has 1 aromatic rings. The van der Waals surface area contributed by atoms with E-state index in [-0.39, 0.29) is 5.75 Å². The minimum Gasteiger partial charge on any atom is -0.504 e. The Hall–Kier alpha value is -1.69. The lowest BCUT2D eigenvalue weighted by Gasteiger charge is -2.06. The van der Waals surface area contributed by atoms with E-state index in [4.69, 9.17) is 10.00 Å². The van der Waals surface area contributed by atoms with Crippen LogP contribution < -0.4 is 4.74 Å². The van der Waals surface area contributed by atoms with E-state index >= 15 is 0 Å². The third-order valence-corrected chi connectivity index (χ3v) is 1.81. The number of phenols is 1. The summed E-state index contributed by atoms with van der Waals surface area (Å²) >= 11 is 0. The van der Waals surface area contributed by atoms with Crippen LogP contribution in [0, 0.1) is 11.3 Å². The topological polar surface area (TPSA) is 53.2 Å². The summed E-state index contributed by atoms with van der Waals surface area (Å²) in [5.41, 5.74) is 0.751. The van der Waals surface area contributed by atoms with E-state index in [2.05, 4.69) is 0 Å². The van der Waals surface area contributed by atoms with Gasteiger partial charge in [0.15, 0.2) is 11.5 Å². The van der Waals surface area contributed by atoms with Gasteiger partial charge in [0.25, 0.3) is 0 Å². The summed E-state index contributed by atoms with van der Waals surface area (Å²) in [6, 6.07) is 7.30. The number of hydrogen-bond acceptors (Lipinski definition) is 3. The molecule has 3 nitrogen and oxygen atoms in total. The van der Waals surface area contributed by atoms with Crippen LogP contribution >= 0.6 is 0 Å². The highest BCUT2D eigenvalue weighted by Gasteiger charge is 2.05. The molecule has 0 aromatic heterocycles. The van der Waals surface area contributed by atoms with Crippen LogP contribution in [0.5, 0.6) is 11.5 Å². The fraction of sp³-hybridized carbons (Fsp3) is 0.300. The highest BCUT2D eigenvalue weighted by atomic mass is 16.5. The maximum absolute atomic E-state index is 9.58. The molecule has 0 aliphatic heterocycles. The molecule has 1 aromatic carbocycles. The van der Waals surface area contributed by atoms with Crippen LogP contribution in [0.25, 0.3) is 0 Å². The number of rotatable bonds is 3. The Morgan fingerprint density at radius 1 is 1.54 bits per heavy atom. The third kappa shape index (κ3) is 2.12. The van der Waals surface area contributed by atoms with Crippen molar-refractivity contribution in [2.45, 2.75) is 12.8 Å². The molecule has 0 aliphatic rings. The molecular formula is C10H11NO2. The van der Waals surface area contributed by atoms with Gasteiger partial charge in [0.05, 0.1) is 13.2 Å². The van der Waals surface area contributed by atoms with E-state index in [0.29, 0.717) is 18.6 Å². The van der Waals surface area contributed by atoms with E-state index < -0.39 is 0 Å². The van der Waals surface area contributed by atoms with Gasteiger partial charge in [-0.1, -0.05) is 12.1 Å². The van der Waals surface area contributed by atoms with Crippen molar-refractivity contribution in [2.24, 2.45) is 0 Å². The Labute approximate surface area is 77.2 Å². The average Bonchev–Trinajstić information content (AvgIpc) is 2.16. The van der Waals surface area contributed by atoms with Crippen LogP contribution in [0.4, 0.5) is 0 Å².